The summed E-state index contributed by atoms with van der Waals surface area (Å²) in [6, 6.07) is 0.544. The lowest BCUT2D eigenvalue weighted by Crippen LogP contribution is -2.32. The quantitative estimate of drug-likeness (QED) is 0.570. The third kappa shape index (κ3) is 2.47. The van der Waals surface area contributed by atoms with Gasteiger partial charge in [-0.2, -0.15) is 0 Å². The maximum absolute atomic E-state index is 5.71. The molecule has 1 aliphatic rings. The van der Waals surface area contributed by atoms with E-state index in [0.717, 1.165) is 11.8 Å². The Morgan fingerprint density at radius 1 is 1.60 bits per heavy atom. The molecule has 1 nitrogen and oxygen atoms in total. The van der Waals surface area contributed by atoms with Crippen molar-refractivity contribution in [1.29, 1.82) is 0 Å². The van der Waals surface area contributed by atoms with Crippen molar-refractivity contribution in [3.05, 3.63) is 0 Å². The third-order valence-corrected chi connectivity index (χ3v) is 2.67. The number of halogens is 1. The van der Waals surface area contributed by atoms with Crippen LogP contribution in [0, 0.1) is 5.92 Å². The van der Waals surface area contributed by atoms with Crippen molar-refractivity contribution in [3.8, 4) is 0 Å². The maximum Gasteiger partial charge on any atom is 0.0376 e. The van der Waals surface area contributed by atoms with E-state index in [9.17, 15) is 0 Å². The summed E-state index contributed by atoms with van der Waals surface area (Å²) in [5.74, 6) is 1.74. The highest BCUT2D eigenvalue weighted by molar-refractivity contribution is 6.18. The van der Waals surface area contributed by atoms with E-state index in [1.165, 1.54) is 19.4 Å². The van der Waals surface area contributed by atoms with Crippen molar-refractivity contribution in [2.75, 3.05) is 19.5 Å². The van der Waals surface area contributed by atoms with Crippen LogP contribution < -0.4 is 0 Å². The van der Waals surface area contributed by atoms with Gasteiger partial charge in [-0.1, -0.05) is 0 Å². The number of nitrogens with zero attached hydrogens (tertiary/aromatic N) is 1. The Balaban J connectivity index is 2.11. The first-order valence-electron chi connectivity index (χ1n) is 4.00. The van der Waals surface area contributed by atoms with Crippen LogP contribution in [-0.4, -0.2) is 30.4 Å². The number of hydrogen-bond acceptors (Lipinski definition) is 1. The Hall–Kier alpha value is 0.250. The van der Waals surface area contributed by atoms with E-state index in [4.69, 9.17) is 11.6 Å². The molecule has 0 amide bonds. The third-order valence-electron chi connectivity index (χ3n) is 2.22. The monoisotopic (exact) mass is 161 g/mol. The molecule has 1 rings (SSSR count). The lowest BCUT2D eigenvalue weighted by atomic mass is 10.3. The Labute approximate surface area is 68.4 Å². The minimum absolute atomic E-state index is 0.544. The van der Waals surface area contributed by atoms with Gasteiger partial charge in [-0.05, 0) is 32.7 Å². The van der Waals surface area contributed by atoms with Crippen LogP contribution in [0.1, 0.15) is 19.8 Å². The molecule has 60 valence electrons. The second-order valence-corrected chi connectivity index (χ2v) is 3.69. The van der Waals surface area contributed by atoms with E-state index in [-0.39, 0.29) is 0 Å². The molecule has 1 atom stereocenters. The molecular formula is C8H16ClN. The van der Waals surface area contributed by atoms with Gasteiger partial charge in [-0.25, -0.2) is 0 Å². The van der Waals surface area contributed by atoms with E-state index in [2.05, 4.69) is 18.9 Å². The highest BCUT2D eigenvalue weighted by atomic mass is 35.5. The molecule has 10 heavy (non-hydrogen) atoms. The van der Waals surface area contributed by atoms with Gasteiger partial charge >= 0.3 is 0 Å². The second-order valence-electron chi connectivity index (χ2n) is 3.39. The van der Waals surface area contributed by atoms with Gasteiger partial charge in [0, 0.05) is 18.5 Å². The Kier molecular flexibility index (Phi) is 2.99. The van der Waals surface area contributed by atoms with Crippen molar-refractivity contribution < 1.29 is 0 Å². The van der Waals surface area contributed by atoms with Crippen LogP contribution in [0.3, 0.4) is 0 Å². The zero-order valence-corrected chi connectivity index (χ0v) is 7.56. The Morgan fingerprint density at radius 3 is 2.60 bits per heavy atom. The fraction of sp³-hybridized carbons (Fsp3) is 1.00. The summed E-state index contributed by atoms with van der Waals surface area (Å²) < 4.78 is 0. The van der Waals surface area contributed by atoms with Gasteiger partial charge in [0.05, 0.1) is 0 Å². The van der Waals surface area contributed by atoms with Crippen LogP contribution in [0.25, 0.3) is 0 Å². The predicted octanol–water partition coefficient (Wildman–Crippen LogP) is 1.96. The first kappa shape index (κ1) is 8.35. The molecule has 0 heterocycles. The molecule has 0 spiro atoms. The Bertz CT molecular complexity index is 101. The zero-order valence-electron chi connectivity index (χ0n) is 6.81. The lowest BCUT2D eigenvalue weighted by molar-refractivity contribution is 0.266. The van der Waals surface area contributed by atoms with Gasteiger partial charge < -0.3 is 4.90 Å². The minimum atomic E-state index is 0.544. The summed E-state index contributed by atoms with van der Waals surface area (Å²) >= 11 is 5.71. The summed E-state index contributed by atoms with van der Waals surface area (Å²) in [7, 11) is 2.16. The van der Waals surface area contributed by atoms with Gasteiger partial charge in [-0.15, -0.1) is 11.6 Å². The van der Waals surface area contributed by atoms with Crippen LogP contribution in [0.5, 0.6) is 0 Å². The topological polar surface area (TPSA) is 3.24 Å². The molecule has 0 aliphatic heterocycles. The van der Waals surface area contributed by atoms with Gasteiger partial charge in [0.2, 0.25) is 0 Å². The van der Waals surface area contributed by atoms with Gasteiger partial charge in [0.25, 0.3) is 0 Å². The first-order valence-corrected chi connectivity index (χ1v) is 4.53. The van der Waals surface area contributed by atoms with Crippen molar-refractivity contribution in [1.82, 2.24) is 4.90 Å². The predicted molar refractivity (Wildman–Crippen MR) is 45.5 cm³/mol. The summed E-state index contributed by atoms with van der Waals surface area (Å²) in [4.78, 5) is 2.35. The number of alkyl halides is 1. The standard InChI is InChI=1S/C8H16ClN/c1-7(5-9)10(2)6-8-3-4-8/h7-8H,3-6H2,1-2H3. The van der Waals surface area contributed by atoms with E-state index in [1.807, 2.05) is 0 Å². The van der Waals surface area contributed by atoms with Gasteiger partial charge in [0.15, 0.2) is 0 Å². The summed E-state index contributed by atoms with van der Waals surface area (Å²) in [5.41, 5.74) is 0. The SMILES string of the molecule is CC(CCl)N(C)CC1CC1. The molecule has 1 fully saturated rings. The van der Waals surface area contributed by atoms with Crippen molar-refractivity contribution >= 4 is 11.6 Å². The van der Waals surface area contributed by atoms with E-state index in [1.54, 1.807) is 0 Å². The highest BCUT2D eigenvalue weighted by Gasteiger charge is 2.24. The zero-order chi connectivity index (χ0) is 7.56. The molecule has 1 saturated carbocycles. The smallest absolute Gasteiger partial charge is 0.0376 e. The normalized spacial score (nSPS) is 21.6. The summed E-state index contributed by atoms with van der Waals surface area (Å²) in [6.07, 6.45) is 2.86. The first-order chi connectivity index (χ1) is 4.74. The van der Waals surface area contributed by atoms with Crippen LogP contribution in [0.4, 0.5) is 0 Å². The van der Waals surface area contributed by atoms with Gasteiger partial charge in [0.1, 0.15) is 0 Å². The summed E-state index contributed by atoms with van der Waals surface area (Å²) in [5, 5.41) is 0. The summed E-state index contributed by atoms with van der Waals surface area (Å²) in [6.45, 7) is 3.42. The largest absolute Gasteiger partial charge is 0.302 e. The molecule has 0 aromatic heterocycles. The van der Waals surface area contributed by atoms with Crippen molar-refractivity contribution in [3.63, 3.8) is 0 Å². The highest BCUT2D eigenvalue weighted by Crippen LogP contribution is 2.29. The fourth-order valence-corrected chi connectivity index (χ4v) is 1.24. The Morgan fingerprint density at radius 2 is 2.20 bits per heavy atom. The van der Waals surface area contributed by atoms with Crippen LogP contribution in [-0.2, 0) is 0 Å². The minimum Gasteiger partial charge on any atom is -0.302 e. The van der Waals surface area contributed by atoms with E-state index in [0.29, 0.717) is 6.04 Å². The maximum atomic E-state index is 5.71. The molecule has 0 aromatic rings. The molecule has 0 aromatic carbocycles. The molecule has 0 saturated heterocycles. The lowest BCUT2D eigenvalue weighted by Gasteiger charge is -2.22. The average molecular weight is 162 g/mol. The second kappa shape index (κ2) is 3.59. The average Bonchev–Trinajstić information content (AvgIpc) is 2.70. The van der Waals surface area contributed by atoms with E-state index >= 15 is 0 Å². The molecular weight excluding hydrogens is 146 g/mol. The molecule has 2 heteroatoms. The van der Waals surface area contributed by atoms with Crippen LogP contribution >= 0.6 is 11.6 Å². The molecule has 0 N–H and O–H groups in total. The van der Waals surface area contributed by atoms with E-state index < -0.39 is 0 Å². The van der Waals surface area contributed by atoms with Gasteiger partial charge in [-0.3, -0.25) is 0 Å². The number of rotatable bonds is 4. The fourth-order valence-electron chi connectivity index (χ4n) is 1.01. The van der Waals surface area contributed by atoms with Crippen molar-refractivity contribution in [2.45, 2.75) is 25.8 Å². The molecule has 1 aliphatic carbocycles. The molecule has 0 bridgehead atoms. The number of hydrogen-bond donors (Lipinski definition) is 0. The van der Waals surface area contributed by atoms with Crippen LogP contribution in [0.2, 0.25) is 0 Å². The van der Waals surface area contributed by atoms with Crippen LogP contribution in [0.15, 0.2) is 0 Å². The molecule has 0 radical (unpaired) electrons. The van der Waals surface area contributed by atoms with Crippen molar-refractivity contribution in [2.24, 2.45) is 5.92 Å². The molecule has 1 unspecified atom stereocenters.